The van der Waals surface area contributed by atoms with E-state index in [4.69, 9.17) is 4.99 Å². The number of rotatable bonds is 10. The van der Waals surface area contributed by atoms with Crippen LogP contribution in [0.3, 0.4) is 0 Å². The van der Waals surface area contributed by atoms with Gasteiger partial charge in [-0.2, -0.15) is 0 Å². The van der Waals surface area contributed by atoms with Crippen LogP contribution >= 0.6 is 0 Å². The van der Waals surface area contributed by atoms with Gasteiger partial charge in [0.1, 0.15) is 0 Å². The lowest BCUT2D eigenvalue weighted by Crippen LogP contribution is -2.39. The van der Waals surface area contributed by atoms with Crippen molar-refractivity contribution < 1.29 is 4.79 Å². The van der Waals surface area contributed by atoms with Gasteiger partial charge in [0.15, 0.2) is 5.96 Å². The van der Waals surface area contributed by atoms with Crippen LogP contribution in [0.1, 0.15) is 45.1 Å². The molecule has 1 aromatic carbocycles. The molecule has 1 amide bonds. The molecule has 0 saturated heterocycles. The van der Waals surface area contributed by atoms with E-state index < -0.39 is 0 Å². The summed E-state index contributed by atoms with van der Waals surface area (Å²) < 4.78 is 0. The second-order valence-electron chi connectivity index (χ2n) is 6.11. The number of benzene rings is 1. The number of aliphatic imine (C=N–C) groups is 1. The molecule has 0 bridgehead atoms. The summed E-state index contributed by atoms with van der Waals surface area (Å²) in [5, 5.41) is 6.15. The second kappa shape index (κ2) is 12.1. The van der Waals surface area contributed by atoms with Crippen molar-refractivity contribution in [3.63, 3.8) is 0 Å². The standard InChI is InChI=1S/C20H32N4O/c1-5-7-8-9-10-14-24(4)20(21-6-2)22-16-18-12-11-13-19(15-18)23-17(3)25/h5,11-13,15H,1,6-10,14,16H2,2-4H3,(H,21,22)(H,23,25). The summed E-state index contributed by atoms with van der Waals surface area (Å²) in [4.78, 5) is 18.1. The molecule has 0 aromatic heterocycles. The maximum Gasteiger partial charge on any atom is 0.221 e. The lowest BCUT2D eigenvalue weighted by Gasteiger charge is -2.22. The maximum absolute atomic E-state index is 11.2. The Morgan fingerprint density at radius 1 is 1.32 bits per heavy atom. The van der Waals surface area contributed by atoms with Gasteiger partial charge < -0.3 is 15.5 Å². The Balaban J connectivity index is 2.61. The average Bonchev–Trinajstić information content (AvgIpc) is 2.58. The van der Waals surface area contributed by atoms with E-state index in [2.05, 4.69) is 36.1 Å². The number of nitrogens with zero attached hydrogens (tertiary/aromatic N) is 2. The molecule has 138 valence electrons. The molecule has 2 N–H and O–H groups in total. The van der Waals surface area contributed by atoms with Gasteiger partial charge in [0, 0.05) is 32.7 Å². The Morgan fingerprint density at radius 2 is 2.12 bits per heavy atom. The molecule has 5 heteroatoms. The highest BCUT2D eigenvalue weighted by Crippen LogP contribution is 2.12. The van der Waals surface area contributed by atoms with E-state index in [1.54, 1.807) is 0 Å². The molecule has 0 saturated carbocycles. The number of anilines is 1. The van der Waals surface area contributed by atoms with Gasteiger partial charge in [0.2, 0.25) is 5.91 Å². The van der Waals surface area contributed by atoms with Crippen LogP contribution in [0.15, 0.2) is 41.9 Å². The highest BCUT2D eigenvalue weighted by molar-refractivity contribution is 5.88. The van der Waals surface area contributed by atoms with E-state index in [1.165, 1.54) is 19.8 Å². The van der Waals surface area contributed by atoms with Gasteiger partial charge in [0.05, 0.1) is 6.54 Å². The lowest BCUT2D eigenvalue weighted by atomic mass is 10.2. The molecule has 0 fully saturated rings. The fourth-order valence-corrected chi connectivity index (χ4v) is 2.51. The molecule has 0 aliphatic heterocycles. The van der Waals surface area contributed by atoms with Crippen LogP contribution in [-0.2, 0) is 11.3 Å². The molecular formula is C20H32N4O. The van der Waals surface area contributed by atoms with Crippen LogP contribution in [0.25, 0.3) is 0 Å². The number of hydrogen-bond donors (Lipinski definition) is 2. The van der Waals surface area contributed by atoms with Crippen molar-refractivity contribution >= 4 is 17.6 Å². The molecule has 0 aliphatic carbocycles. The number of carbonyl (C=O) groups excluding carboxylic acids is 1. The minimum absolute atomic E-state index is 0.0647. The molecule has 25 heavy (non-hydrogen) atoms. The molecule has 1 rings (SSSR count). The molecule has 0 atom stereocenters. The quantitative estimate of drug-likeness (QED) is 0.294. The van der Waals surface area contributed by atoms with Crippen LogP contribution < -0.4 is 10.6 Å². The van der Waals surface area contributed by atoms with Crippen molar-refractivity contribution in [1.82, 2.24) is 10.2 Å². The number of carbonyl (C=O) groups is 1. The monoisotopic (exact) mass is 344 g/mol. The van der Waals surface area contributed by atoms with Gasteiger partial charge in [-0.25, -0.2) is 4.99 Å². The minimum atomic E-state index is -0.0647. The van der Waals surface area contributed by atoms with E-state index in [1.807, 2.05) is 30.3 Å². The van der Waals surface area contributed by atoms with Crippen LogP contribution in [0, 0.1) is 0 Å². The summed E-state index contributed by atoms with van der Waals surface area (Å²) in [5.41, 5.74) is 1.88. The molecular weight excluding hydrogens is 312 g/mol. The molecule has 5 nitrogen and oxygen atoms in total. The Bertz CT molecular complexity index is 569. The van der Waals surface area contributed by atoms with Crippen molar-refractivity contribution in [3.05, 3.63) is 42.5 Å². The Labute approximate surface area is 152 Å². The topological polar surface area (TPSA) is 56.7 Å². The molecule has 0 heterocycles. The van der Waals surface area contributed by atoms with Crippen molar-refractivity contribution in [3.8, 4) is 0 Å². The molecule has 0 unspecified atom stereocenters. The van der Waals surface area contributed by atoms with E-state index in [0.717, 1.165) is 43.1 Å². The highest BCUT2D eigenvalue weighted by atomic mass is 16.1. The van der Waals surface area contributed by atoms with Crippen LogP contribution in [0.5, 0.6) is 0 Å². The predicted octanol–water partition coefficient (Wildman–Crippen LogP) is 3.79. The van der Waals surface area contributed by atoms with Crippen molar-refractivity contribution in [2.24, 2.45) is 4.99 Å². The van der Waals surface area contributed by atoms with E-state index >= 15 is 0 Å². The number of nitrogens with one attached hydrogen (secondary N) is 2. The number of amides is 1. The minimum Gasteiger partial charge on any atom is -0.357 e. The zero-order valence-electron chi connectivity index (χ0n) is 15.8. The first-order valence-electron chi connectivity index (χ1n) is 9.03. The van der Waals surface area contributed by atoms with E-state index in [9.17, 15) is 4.79 Å². The summed E-state index contributed by atoms with van der Waals surface area (Å²) in [7, 11) is 2.07. The van der Waals surface area contributed by atoms with Crippen LogP contribution in [-0.4, -0.2) is 36.9 Å². The zero-order chi connectivity index (χ0) is 18.5. The van der Waals surface area contributed by atoms with Crippen LogP contribution in [0.4, 0.5) is 5.69 Å². The summed E-state index contributed by atoms with van der Waals surface area (Å²) in [6.07, 6.45) is 6.61. The first-order chi connectivity index (χ1) is 12.1. The molecule has 0 radical (unpaired) electrons. The van der Waals surface area contributed by atoms with E-state index in [-0.39, 0.29) is 5.91 Å². The van der Waals surface area contributed by atoms with Crippen molar-refractivity contribution in [2.45, 2.75) is 46.1 Å². The fourth-order valence-electron chi connectivity index (χ4n) is 2.51. The third-order valence-electron chi connectivity index (χ3n) is 3.76. The lowest BCUT2D eigenvalue weighted by molar-refractivity contribution is -0.114. The molecule has 0 spiro atoms. The highest BCUT2D eigenvalue weighted by Gasteiger charge is 2.05. The maximum atomic E-state index is 11.2. The smallest absolute Gasteiger partial charge is 0.221 e. The normalized spacial score (nSPS) is 11.1. The van der Waals surface area contributed by atoms with E-state index in [0.29, 0.717) is 6.54 Å². The number of unbranched alkanes of at least 4 members (excludes halogenated alkanes) is 3. The SMILES string of the molecule is C=CCCCCCN(C)C(=NCc1cccc(NC(C)=O)c1)NCC. The summed E-state index contributed by atoms with van der Waals surface area (Å²) in [5.74, 6) is 0.848. The largest absolute Gasteiger partial charge is 0.357 e. The van der Waals surface area contributed by atoms with Gasteiger partial charge >= 0.3 is 0 Å². The Hall–Kier alpha value is -2.30. The van der Waals surface area contributed by atoms with Crippen molar-refractivity contribution in [1.29, 1.82) is 0 Å². The summed E-state index contributed by atoms with van der Waals surface area (Å²) >= 11 is 0. The Morgan fingerprint density at radius 3 is 2.80 bits per heavy atom. The summed E-state index contributed by atoms with van der Waals surface area (Å²) in [6.45, 7) is 9.74. The summed E-state index contributed by atoms with van der Waals surface area (Å²) in [6, 6.07) is 7.80. The molecule has 1 aromatic rings. The van der Waals surface area contributed by atoms with Crippen molar-refractivity contribution in [2.75, 3.05) is 25.5 Å². The van der Waals surface area contributed by atoms with Gasteiger partial charge in [-0.3, -0.25) is 4.79 Å². The van der Waals surface area contributed by atoms with Crippen LogP contribution in [0.2, 0.25) is 0 Å². The van der Waals surface area contributed by atoms with Gasteiger partial charge in [-0.05, 0) is 43.9 Å². The van der Waals surface area contributed by atoms with Gasteiger partial charge in [-0.1, -0.05) is 24.6 Å². The predicted molar refractivity (Wildman–Crippen MR) is 107 cm³/mol. The third kappa shape index (κ3) is 8.94. The zero-order valence-corrected chi connectivity index (χ0v) is 15.8. The average molecular weight is 345 g/mol. The number of hydrogen-bond acceptors (Lipinski definition) is 2. The second-order valence-corrected chi connectivity index (χ2v) is 6.11. The Kier molecular flexibility index (Phi) is 10.1. The third-order valence-corrected chi connectivity index (χ3v) is 3.76. The fraction of sp³-hybridized carbons (Fsp3) is 0.500. The number of guanidine groups is 1. The van der Waals surface area contributed by atoms with Gasteiger partial charge in [-0.15, -0.1) is 6.58 Å². The number of allylic oxidation sites excluding steroid dienone is 1. The first kappa shape index (κ1) is 20.7. The first-order valence-corrected chi connectivity index (χ1v) is 9.03. The van der Waals surface area contributed by atoms with Gasteiger partial charge in [0.25, 0.3) is 0 Å². The molecule has 0 aliphatic rings.